The van der Waals surface area contributed by atoms with Gasteiger partial charge in [-0.25, -0.2) is 0 Å². The fourth-order valence-electron chi connectivity index (χ4n) is 3.80. The highest BCUT2D eigenvalue weighted by Crippen LogP contribution is 2.43. The molecule has 3 aromatic rings. The fourth-order valence-corrected chi connectivity index (χ4v) is 3.80. The Morgan fingerprint density at radius 3 is 1.45 bits per heavy atom. The lowest BCUT2D eigenvalue weighted by Crippen LogP contribution is -2.14. The number of aldehydes is 1. The molecule has 0 saturated carbocycles. The molecular formula is C28H32O3. The normalized spacial score (nSPS) is 12.2. The quantitative estimate of drug-likeness (QED) is 0.368. The van der Waals surface area contributed by atoms with E-state index in [1.54, 1.807) is 24.3 Å². The van der Waals surface area contributed by atoms with Crippen molar-refractivity contribution in [2.24, 2.45) is 0 Å². The van der Waals surface area contributed by atoms with Gasteiger partial charge in [-0.15, -0.1) is 0 Å². The Balaban J connectivity index is 2.31. The molecule has 31 heavy (non-hydrogen) atoms. The molecule has 0 aliphatic rings. The highest BCUT2D eigenvalue weighted by molar-refractivity contribution is 5.74. The fraction of sp³-hybridized carbons (Fsp3) is 0.321. The van der Waals surface area contributed by atoms with Crippen LogP contribution < -0.4 is 0 Å². The van der Waals surface area contributed by atoms with Gasteiger partial charge in [0.1, 0.15) is 17.8 Å². The van der Waals surface area contributed by atoms with Crippen LogP contribution in [-0.2, 0) is 10.8 Å². The second-order valence-electron chi connectivity index (χ2n) is 10.3. The summed E-state index contributed by atoms with van der Waals surface area (Å²) in [6, 6.07) is 18.7. The van der Waals surface area contributed by atoms with Crippen molar-refractivity contribution >= 4 is 6.29 Å². The molecule has 0 heterocycles. The van der Waals surface area contributed by atoms with E-state index >= 15 is 0 Å². The Morgan fingerprint density at radius 1 is 0.677 bits per heavy atom. The molecule has 0 aliphatic heterocycles. The van der Waals surface area contributed by atoms with E-state index in [2.05, 4.69) is 41.5 Å². The minimum atomic E-state index is -0.384. The Bertz CT molecular complexity index is 1020. The van der Waals surface area contributed by atoms with Gasteiger partial charge in [0.2, 0.25) is 0 Å². The van der Waals surface area contributed by atoms with Crippen LogP contribution in [0.15, 0.2) is 60.7 Å². The number of benzene rings is 3. The van der Waals surface area contributed by atoms with E-state index in [-0.39, 0.29) is 28.2 Å². The van der Waals surface area contributed by atoms with Crippen LogP contribution >= 0.6 is 0 Å². The number of rotatable bonds is 4. The molecule has 0 bridgehead atoms. The first kappa shape index (κ1) is 22.6. The third-order valence-electron chi connectivity index (χ3n) is 5.82. The number of carbonyl (C=O) groups is 1. The topological polar surface area (TPSA) is 57.5 Å². The summed E-state index contributed by atoms with van der Waals surface area (Å²) in [6.45, 7) is 12.8. The summed E-state index contributed by atoms with van der Waals surface area (Å²) in [5, 5.41) is 21.8. The van der Waals surface area contributed by atoms with Gasteiger partial charge in [0.15, 0.2) is 0 Å². The van der Waals surface area contributed by atoms with Crippen molar-refractivity contribution in [2.45, 2.75) is 58.3 Å². The zero-order chi connectivity index (χ0) is 23.0. The molecule has 0 fully saturated rings. The Hall–Kier alpha value is -3.07. The van der Waals surface area contributed by atoms with Gasteiger partial charge in [-0.05, 0) is 39.7 Å². The largest absolute Gasteiger partial charge is 0.508 e. The SMILES string of the molecule is CC(C)(C)c1ccc(O)c(C(c2ccc(C=O)cc2)c2cc(C(C)(C)C)ccc2O)c1. The monoisotopic (exact) mass is 416 g/mol. The van der Waals surface area contributed by atoms with Crippen molar-refractivity contribution in [3.05, 3.63) is 94.0 Å². The smallest absolute Gasteiger partial charge is 0.150 e. The lowest BCUT2D eigenvalue weighted by Gasteiger charge is -2.27. The Labute approximate surface area is 185 Å². The maximum Gasteiger partial charge on any atom is 0.150 e. The van der Waals surface area contributed by atoms with Gasteiger partial charge >= 0.3 is 0 Å². The molecule has 3 aromatic carbocycles. The number of phenols is 2. The van der Waals surface area contributed by atoms with Crippen molar-refractivity contribution in [2.75, 3.05) is 0 Å². The van der Waals surface area contributed by atoms with Gasteiger partial charge in [-0.1, -0.05) is 90.1 Å². The number of hydrogen-bond donors (Lipinski definition) is 2. The number of aromatic hydroxyl groups is 2. The van der Waals surface area contributed by atoms with Crippen molar-refractivity contribution in [1.82, 2.24) is 0 Å². The van der Waals surface area contributed by atoms with Gasteiger partial charge in [-0.3, -0.25) is 4.79 Å². The molecule has 0 amide bonds. The predicted molar refractivity (Wildman–Crippen MR) is 126 cm³/mol. The molecule has 0 radical (unpaired) electrons. The molecule has 0 saturated heterocycles. The maximum atomic E-state index is 11.2. The molecule has 162 valence electrons. The summed E-state index contributed by atoms with van der Waals surface area (Å²) < 4.78 is 0. The van der Waals surface area contributed by atoms with Crippen LogP contribution in [0.5, 0.6) is 11.5 Å². The van der Waals surface area contributed by atoms with Gasteiger partial charge in [0.25, 0.3) is 0 Å². The summed E-state index contributed by atoms with van der Waals surface area (Å²) in [5.74, 6) is -0.0265. The summed E-state index contributed by atoms with van der Waals surface area (Å²) in [5.41, 5.74) is 4.95. The number of hydrogen-bond acceptors (Lipinski definition) is 3. The zero-order valence-electron chi connectivity index (χ0n) is 19.2. The highest BCUT2D eigenvalue weighted by atomic mass is 16.3. The van der Waals surface area contributed by atoms with E-state index in [0.717, 1.165) is 34.1 Å². The molecule has 3 heteroatoms. The third-order valence-corrected chi connectivity index (χ3v) is 5.82. The van der Waals surface area contributed by atoms with Crippen LogP contribution in [0.2, 0.25) is 0 Å². The Morgan fingerprint density at radius 2 is 1.10 bits per heavy atom. The molecule has 0 atom stereocenters. The molecule has 3 nitrogen and oxygen atoms in total. The summed E-state index contributed by atoms with van der Waals surface area (Å²) in [7, 11) is 0. The summed E-state index contributed by atoms with van der Waals surface area (Å²) in [4.78, 5) is 11.2. The van der Waals surface area contributed by atoms with Gasteiger partial charge in [0.05, 0.1) is 0 Å². The lowest BCUT2D eigenvalue weighted by molar-refractivity contribution is 0.112. The van der Waals surface area contributed by atoms with Crippen LogP contribution in [-0.4, -0.2) is 16.5 Å². The van der Waals surface area contributed by atoms with Crippen molar-refractivity contribution in [3.8, 4) is 11.5 Å². The van der Waals surface area contributed by atoms with E-state index in [1.165, 1.54) is 0 Å². The molecule has 0 aliphatic carbocycles. The van der Waals surface area contributed by atoms with E-state index in [4.69, 9.17) is 0 Å². The standard InChI is InChI=1S/C28H32O3/c1-27(2,3)20-11-13-24(30)22(15-20)26(19-9-7-18(17-29)8-10-19)23-16-21(28(4,5)6)12-14-25(23)31/h7-17,26,30-31H,1-6H3. The van der Waals surface area contributed by atoms with Crippen molar-refractivity contribution in [3.63, 3.8) is 0 Å². The van der Waals surface area contributed by atoms with Crippen LogP contribution in [0, 0.1) is 0 Å². The first-order chi connectivity index (χ1) is 14.4. The van der Waals surface area contributed by atoms with E-state index < -0.39 is 0 Å². The average Bonchev–Trinajstić information content (AvgIpc) is 2.69. The second kappa shape index (κ2) is 8.22. The average molecular weight is 417 g/mol. The van der Waals surface area contributed by atoms with Crippen molar-refractivity contribution in [1.29, 1.82) is 0 Å². The minimum absolute atomic E-state index is 0.0936. The van der Waals surface area contributed by atoms with Crippen LogP contribution in [0.1, 0.15) is 85.6 Å². The van der Waals surface area contributed by atoms with Gasteiger partial charge in [0, 0.05) is 22.6 Å². The molecule has 2 N–H and O–H groups in total. The van der Waals surface area contributed by atoms with Gasteiger partial charge in [-0.2, -0.15) is 0 Å². The molecule has 0 aromatic heterocycles. The number of phenolic OH excluding ortho intramolecular Hbond substituents is 2. The highest BCUT2D eigenvalue weighted by Gasteiger charge is 2.27. The first-order valence-electron chi connectivity index (χ1n) is 10.6. The summed E-state index contributed by atoms with van der Waals surface area (Å²) in [6.07, 6.45) is 0.814. The molecule has 0 unspecified atom stereocenters. The first-order valence-corrected chi connectivity index (χ1v) is 10.6. The third kappa shape index (κ3) is 4.82. The predicted octanol–water partition coefficient (Wildman–Crippen LogP) is 6.69. The van der Waals surface area contributed by atoms with Crippen LogP contribution in [0.3, 0.4) is 0 Å². The maximum absolute atomic E-state index is 11.2. The molecule has 3 rings (SSSR count). The molecular weight excluding hydrogens is 384 g/mol. The van der Waals surface area contributed by atoms with E-state index in [0.29, 0.717) is 5.56 Å². The van der Waals surface area contributed by atoms with E-state index in [9.17, 15) is 15.0 Å². The van der Waals surface area contributed by atoms with E-state index in [1.807, 2.05) is 36.4 Å². The molecule has 0 spiro atoms. The summed E-state index contributed by atoms with van der Waals surface area (Å²) >= 11 is 0. The minimum Gasteiger partial charge on any atom is -0.508 e. The van der Waals surface area contributed by atoms with Crippen molar-refractivity contribution < 1.29 is 15.0 Å². The van der Waals surface area contributed by atoms with Gasteiger partial charge < -0.3 is 10.2 Å². The van der Waals surface area contributed by atoms with Crippen LogP contribution in [0.25, 0.3) is 0 Å². The number of carbonyl (C=O) groups excluding carboxylic acids is 1. The van der Waals surface area contributed by atoms with Crippen LogP contribution in [0.4, 0.5) is 0 Å². The Kier molecular flexibility index (Phi) is 6.00. The second-order valence-corrected chi connectivity index (χ2v) is 10.3. The lowest BCUT2D eigenvalue weighted by atomic mass is 9.78. The zero-order valence-corrected chi connectivity index (χ0v) is 19.2.